The zero-order chi connectivity index (χ0) is 17.1. The molecule has 5 heteroatoms. The molecular formula is C18H33NO2SSn. The molecule has 0 N–H and O–H groups in total. The zero-order valence-corrected chi connectivity index (χ0v) is 19.0. The molecule has 0 aliphatic carbocycles. The number of esters is 1. The van der Waals surface area contributed by atoms with Crippen LogP contribution in [0.15, 0.2) is 5.38 Å². The molecule has 0 radical (unpaired) electrons. The van der Waals surface area contributed by atoms with Crippen LogP contribution in [0, 0.1) is 0 Å². The SMILES string of the molecule is CCC[CH2][Sn]([CH2]CCC)([CH2]CCC)[c]1nc(C(=O)OCC)cs1. The normalized spacial score (nSPS) is 11.7. The predicted octanol–water partition coefficient (Wildman–Crippen LogP) is 5.38. The van der Waals surface area contributed by atoms with E-state index in [2.05, 4.69) is 20.8 Å². The number of hydrogen-bond acceptors (Lipinski definition) is 4. The van der Waals surface area contributed by atoms with Crippen molar-refractivity contribution in [2.75, 3.05) is 6.61 Å². The Labute approximate surface area is 150 Å². The van der Waals surface area contributed by atoms with E-state index in [4.69, 9.17) is 9.72 Å². The fourth-order valence-corrected chi connectivity index (χ4v) is 22.3. The molecule has 0 saturated heterocycles. The van der Waals surface area contributed by atoms with Crippen molar-refractivity contribution in [3.8, 4) is 0 Å². The van der Waals surface area contributed by atoms with Gasteiger partial charge in [-0.2, -0.15) is 0 Å². The van der Waals surface area contributed by atoms with Crippen molar-refractivity contribution in [3.05, 3.63) is 11.1 Å². The second-order valence-corrected chi connectivity index (χ2v) is 21.2. The van der Waals surface area contributed by atoms with Gasteiger partial charge in [-0.15, -0.1) is 0 Å². The van der Waals surface area contributed by atoms with Crippen LogP contribution < -0.4 is 3.02 Å². The van der Waals surface area contributed by atoms with Gasteiger partial charge < -0.3 is 0 Å². The molecule has 132 valence electrons. The maximum atomic E-state index is 12.0. The Morgan fingerprint density at radius 2 is 1.57 bits per heavy atom. The molecule has 1 heterocycles. The molecule has 3 nitrogen and oxygen atoms in total. The summed E-state index contributed by atoms with van der Waals surface area (Å²) in [5, 5.41) is 1.93. The van der Waals surface area contributed by atoms with Gasteiger partial charge in [-0.3, -0.25) is 0 Å². The number of carbonyl (C=O) groups is 1. The van der Waals surface area contributed by atoms with E-state index in [1.54, 1.807) is 11.3 Å². The van der Waals surface area contributed by atoms with Crippen molar-refractivity contribution in [2.45, 2.75) is 79.5 Å². The monoisotopic (exact) mass is 447 g/mol. The molecule has 0 fully saturated rings. The molecule has 0 amide bonds. The summed E-state index contributed by atoms with van der Waals surface area (Å²) in [5.41, 5.74) is 0.539. The zero-order valence-electron chi connectivity index (χ0n) is 15.3. The summed E-state index contributed by atoms with van der Waals surface area (Å²) in [6, 6.07) is 0. The van der Waals surface area contributed by atoms with E-state index < -0.39 is 18.4 Å². The van der Waals surface area contributed by atoms with Gasteiger partial charge in [-0.1, -0.05) is 0 Å². The first kappa shape index (κ1) is 20.9. The van der Waals surface area contributed by atoms with Crippen LogP contribution in [-0.4, -0.2) is 35.9 Å². The number of aromatic nitrogens is 1. The summed E-state index contributed by atoms with van der Waals surface area (Å²) in [6.45, 7) is 9.10. The minimum atomic E-state index is -2.47. The van der Waals surface area contributed by atoms with Gasteiger partial charge in [0.15, 0.2) is 0 Å². The van der Waals surface area contributed by atoms with E-state index in [0.717, 1.165) is 0 Å². The quantitative estimate of drug-likeness (QED) is 0.320. The van der Waals surface area contributed by atoms with Gasteiger partial charge in [-0.05, 0) is 0 Å². The third-order valence-electron chi connectivity index (χ3n) is 4.47. The molecule has 0 aliphatic rings. The minimum absolute atomic E-state index is 0.253. The van der Waals surface area contributed by atoms with Gasteiger partial charge in [0.1, 0.15) is 0 Å². The van der Waals surface area contributed by atoms with Crippen LogP contribution in [-0.2, 0) is 4.74 Å². The molecule has 0 atom stereocenters. The Morgan fingerprint density at radius 3 is 2.00 bits per heavy atom. The third kappa shape index (κ3) is 6.37. The number of nitrogens with zero attached hydrogens (tertiary/aromatic N) is 1. The van der Waals surface area contributed by atoms with Gasteiger partial charge in [-0.25, -0.2) is 0 Å². The summed E-state index contributed by atoms with van der Waals surface area (Å²) in [7, 11) is 0. The van der Waals surface area contributed by atoms with Crippen LogP contribution in [0.25, 0.3) is 0 Å². The first-order valence-electron chi connectivity index (χ1n) is 9.26. The summed E-state index contributed by atoms with van der Waals surface area (Å²) in [6.07, 6.45) is 7.72. The number of ether oxygens (including phenoxy) is 1. The molecule has 1 aromatic heterocycles. The van der Waals surface area contributed by atoms with E-state index in [0.29, 0.717) is 12.3 Å². The molecule has 1 rings (SSSR count). The summed E-state index contributed by atoms with van der Waals surface area (Å²) in [5.74, 6) is -0.253. The van der Waals surface area contributed by atoms with E-state index in [9.17, 15) is 4.79 Å². The number of unbranched alkanes of at least 4 members (excludes halogenated alkanes) is 3. The van der Waals surface area contributed by atoms with E-state index >= 15 is 0 Å². The first-order valence-corrected chi connectivity index (χ1v) is 17.6. The van der Waals surface area contributed by atoms with Crippen LogP contribution in [0.2, 0.25) is 13.3 Å². The Hall–Kier alpha value is -0.101. The average molecular weight is 446 g/mol. The second kappa shape index (κ2) is 11.5. The van der Waals surface area contributed by atoms with Crippen LogP contribution in [0.3, 0.4) is 0 Å². The maximum absolute atomic E-state index is 12.0. The molecule has 0 spiro atoms. The summed E-state index contributed by atoms with van der Waals surface area (Å²) < 4.78 is 10.7. The van der Waals surface area contributed by atoms with Crippen molar-refractivity contribution in [1.82, 2.24) is 4.98 Å². The molecular weight excluding hydrogens is 413 g/mol. The molecule has 23 heavy (non-hydrogen) atoms. The molecule has 0 aliphatic heterocycles. The fraction of sp³-hybridized carbons (Fsp3) is 0.778. The first-order chi connectivity index (χ1) is 11.1. The van der Waals surface area contributed by atoms with Crippen LogP contribution in [0.1, 0.15) is 76.7 Å². The molecule has 1 aromatic rings. The van der Waals surface area contributed by atoms with Crippen LogP contribution in [0.5, 0.6) is 0 Å². The van der Waals surface area contributed by atoms with Crippen molar-refractivity contribution >= 4 is 38.7 Å². The summed E-state index contributed by atoms with van der Waals surface area (Å²) in [4.78, 5) is 16.8. The standard InChI is InChI=1S/C6H6NO2S.3C4H9.Sn/c1-2-9-6(8)5-3-10-4-7-5;3*1-3-4-2;/h3H,2H2,1H3;3*1,3-4H2,2H3;. The molecule has 0 aromatic carbocycles. The number of hydrogen-bond donors (Lipinski definition) is 0. The van der Waals surface area contributed by atoms with Crippen LogP contribution >= 0.6 is 11.3 Å². The number of carbonyl (C=O) groups excluding carboxylic acids is 1. The predicted molar refractivity (Wildman–Crippen MR) is 103 cm³/mol. The van der Waals surface area contributed by atoms with Crippen LogP contribution in [0.4, 0.5) is 0 Å². The van der Waals surface area contributed by atoms with Crippen molar-refractivity contribution in [3.63, 3.8) is 0 Å². The van der Waals surface area contributed by atoms with E-state index in [1.807, 2.05) is 12.3 Å². The molecule has 0 bridgehead atoms. The van der Waals surface area contributed by atoms with E-state index in [-0.39, 0.29) is 5.97 Å². The molecule has 0 saturated carbocycles. The average Bonchev–Trinajstić information content (AvgIpc) is 3.05. The van der Waals surface area contributed by atoms with Crippen molar-refractivity contribution in [2.24, 2.45) is 0 Å². The van der Waals surface area contributed by atoms with E-state index in [1.165, 1.54) is 54.9 Å². The second-order valence-electron chi connectivity index (χ2n) is 6.35. The number of thiazole rings is 1. The van der Waals surface area contributed by atoms with Gasteiger partial charge in [0.05, 0.1) is 0 Å². The summed E-state index contributed by atoms with van der Waals surface area (Å²) >= 11 is -0.727. The van der Waals surface area contributed by atoms with Crippen molar-refractivity contribution < 1.29 is 9.53 Å². The third-order valence-corrected chi connectivity index (χ3v) is 23.2. The Kier molecular flexibility index (Phi) is 10.4. The topological polar surface area (TPSA) is 39.2 Å². The Balaban J connectivity index is 3.06. The fourth-order valence-electron chi connectivity index (χ4n) is 3.06. The number of rotatable bonds is 12. The van der Waals surface area contributed by atoms with Gasteiger partial charge in [0, 0.05) is 0 Å². The van der Waals surface area contributed by atoms with Gasteiger partial charge in [0.2, 0.25) is 0 Å². The van der Waals surface area contributed by atoms with Crippen molar-refractivity contribution in [1.29, 1.82) is 0 Å². The molecule has 0 unspecified atom stereocenters. The van der Waals surface area contributed by atoms with Gasteiger partial charge in [0.25, 0.3) is 0 Å². The Morgan fingerprint density at radius 1 is 1.04 bits per heavy atom. The Bertz CT molecular complexity index is 440. The van der Waals surface area contributed by atoms with Gasteiger partial charge >= 0.3 is 150 Å².